The standard InChI is InChI=1S/C21H19FN4O4/c22-16-3-1-2-14(10-16)20-23-19(24-30-20)12-25-6-8-26(9-7-25)21(27)15-4-5-17-18(11-15)29-13-28-17/h1-5,10-11H,6-9,12-13H2. The van der Waals surface area contributed by atoms with Crippen molar-refractivity contribution in [2.24, 2.45) is 0 Å². The second-order valence-corrected chi connectivity index (χ2v) is 7.16. The van der Waals surface area contributed by atoms with E-state index in [1.807, 2.05) is 4.90 Å². The lowest BCUT2D eigenvalue weighted by molar-refractivity contribution is 0.0624. The summed E-state index contributed by atoms with van der Waals surface area (Å²) in [5.74, 6) is 1.71. The van der Waals surface area contributed by atoms with Crippen LogP contribution in [0, 0.1) is 5.82 Å². The van der Waals surface area contributed by atoms with E-state index >= 15 is 0 Å². The normalized spacial score (nSPS) is 16.1. The number of piperazine rings is 1. The first kappa shape index (κ1) is 18.6. The number of rotatable bonds is 4. The summed E-state index contributed by atoms with van der Waals surface area (Å²) in [6, 6.07) is 11.3. The number of hydrogen-bond donors (Lipinski definition) is 0. The minimum atomic E-state index is -0.351. The lowest BCUT2D eigenvalue weighted by Gasteiger charge is -2.34. The Kier molecular flexibility index (Phi) is 4.80. The van der Waals surface area contributed by atoms with Crippen LogP contribution in [0.4, 0.5) is 4.39 Å². The maximum Gasteiger partial charge on any atom is 0.258 e. The van der Waals surface area contributed by atoms with Gasteiger partial charge in [0.2, 0.25) is 6.79 Å². The fraction of sp³-hybridized carbons (Fsp3) is 0.286. The Labute approximate surface area is 171 Å². The SMILES string of the molecule is O=C(c1ccc2c(c1)OCO2)N1CCN(Cc2noc(-c3cccc(F)c3)n2)CC1. The molecule has 1 fully saturated rings. The van der Waals surface area contributed by atoms with Gasteiger partial charge in [-0.15, -0.1) is 0 Å². The zero-order valence-corrected chi connectivity index (χ0v) is 16.1. The van der Waals surface area contributed by atoms with Crippen LogP contribution in [0.1, 0.15) is 16.2 Å². The molecule has 0 radical (unpaired) electrons. The molecule has 8 nitrogen and oxygen atoms in total. The number of carbonyl (C=O) groups is 1. The molecule has 3 aromatic rings. The molecule has 9 heteroatoms. The largest absolute Gasteiger partial charge is 0.454 e. The molecule has 5 rings (SSSR count). The number of hydrogen-bond acceptors (Lipinski definition) is 7. The van der Waals surface area contributed by atoms with E-state index in [1.165, 1.54) is 12.1 Å². The van der Waals surface area contributed by atoms with Crippen LogP contribution in [0.2, 0.25) is 0 Å². The second-order valence-electron chi connectivity index (χ2n) is 7.16. The molecule has 0 spiro atoms. The van der Waals surface area contributed by atoms with Crippen molar-refractivity contribution in [3.05, 3.63) is 59.7 Å². The number of benzene rings is 2. The molecule has 0 aliphatic carbocycles. The summed E-state index contributed by atoms with van der Waals surface area (Å²) < 4.78 is 29.3. The van der Waals surface area contributed by atoms with E-state index in [0.29, 0.717) is 67.1 Å². The number of aromatic nitrogens is 2. The lowest BCUT2D eigenvalue weighted by Crippen LogP contribution is -2.48. The average Bonchev–Trinajstić information content (AvgIpc) is 3.43. The summed E-state index contributed by atoms with van der Waals surface area (Å²) in [5.41, 5.74) is 1.14. The van der Waals surface area contributed by atoms with Crippen molar-refractivity contribution < 1.29 is 23.2 Å². The molecule has 2 aromatic carbocycles. The van der Waals surface area contributed by atoms with Gasteiger partial charge in [-0.3, -0.25) is 9.69 Å². The topological polar surface area (TPSA) is 80.9 Å². The molecule has 1 aromatic heterocycles. The highest BCUT2D eigenvalue weighted by Crippen LogP contribution is 2.32. The molecule has 2 aliphatic heterocycles. The van der Waals surface area contributed by atoms with Crippen molar-refractivity contribution >= 4 is 5.91 Å². The fourth-order valence-corrected chi connectivity index (χ4v) is 3.58. The van der Waals surface area contributed by atoms with Crippen molar-refractivity contribution in [1.29, 1.82) is 0 Å². The molecule has 1 amide bonds. The Hall–Kier alpha value is -3.46. The molecule has 1 saturated heterocycles. The Bertz CT molecular complexity index is 1080. The van der Waals surface area contributed by atoms with Crippen molar-refractivity contribution in [2.45, 2.75) is 6.54 Å². The Morgan fingerprint density at radius 2 is 1.87 bits per heavy atom. The summed E-state index contributed by atoms with van der Waals surface area (Å²) in [4.78, 5) is 21.1. The number of nitrogens with zero attached hydrogens (tertiary/aromatic N) is 4. The first-order valence-corrected chi connectivity index (χ1v) is 9.65. The van der Waals surface area contributed by atoms with Crippen LogP contribution in [0.5, 0.6) is 11.5 Å². The van der Waals surface area contributed by atoms with Gasteiger partial charge < -0.3 is 18.9 Å². The lowest BCUT2D eigenvalue weighted by atomic mass is 10.1. The van der Waals surface area contributed by atoms with E-state index in [9.17, 15) is 9.18 Å². The van der Waals surface area contributed by atoms with E-state index in [1.54, 1.807) is 30.3 Å². The predicted octanol–water partition coefficient (Wildman–Crippen LogP) is 2.56. The Balaban J connectivity index is 1.18. The van der Waals surface area contributed by atoms with Gasteiger partial charge in [-0.1, -0.05) is 11.2 Å². The predicted molar refractivity (Wildman–Crippen MR) is 103 cm³/mol. The van der Waals surface area contributed by atoms with Crippen molar-refractivity contribution in [1.82, 2.24) is 19.9 Å². The zero-order chi connectivity index (χ0) is 20.5. The van der Waals surface area contributed by atoms with E-state index in [2.05, 4.69) is 15.0 Å². The zero-order valence-electron chi connectivity index (χ0n) is 16.1. The van der Waals surface area contributed by atoms with Gasteiger partial charge in [0.25, 0.3) is 11.8 Å². The molecule has 3 heterocycles. The third-order valence-corrected chi connectivity index (χ3v) is 5.18. The number of fused-ring (bicyclic) bond motifs is 1. The Morgan fingerprint density at radius 3 is 2.70 bits per heavy atom. The molecular formula is C21H19FN4O4. The molecule has 0 saturated carbocycles. The fourth-order valence-electron chi connectivity index (χ4n) is 3.58. The van der Waals surface area contributed by atoms with Gasteiger partial charge in [0.15, 0.2) is 17.3 Å². The van der Waals surface area contributed by atoms with E-state index in [0.717, 1.165) is 0 Å². The minimum Gasteiger partial charge on any atom is -0.454 e. The molecule has 2 aliphatic rings. The van der Waals surface area contributed by atoms with Gasteiger partial charge in [0.1, 0.15) is 5.82 Å². The third kappa shape index (κ3) is 3.71. The molecule has 0 bridgehead atoms. The van der Waals surface area contributed by atoms with Gasteiger partial charge in [0.05, 0.1) is 6.54 Å². The average molecular weight is 410 g/mol. The van der Waals surface area contributed by atoms with Gasteiger partial charge in [-0.05, 0) is 36.4 Å². The van der Waals surface area contributed by atoms with E-state index in [4.69, 9.17) is 14.0 Å². The molecular weight excluding hydrogens is 391 g/mol. The van der Waals surface area contributed by atoms with E-state index in [-0.39, 0.29) is 18.5 Å². The monoisotopic (exact) mass is 410 g/mol. The first-order chi connectivity index (χ1) is 14.7. The van der Waals surface area contributed by atoms with Crippen molar-refractivity contribution in [2.75, 3.05) is 33.0 Å². The summed E-state index contributed by atoms with van der Waals surface area (Å²) >= 11 is 0. The third-order valence-electron chi connectivity index (χ3n) is 5.18. The van der Waals surface area contributed by atoms with Crippen LogP contribution in [0.3, 0.4) is 0 Å². The smallest absolute Gasteiger partial charge is 0.258 e. The van der Waals surface area contributed by atoms with Gasteiger partial charge in [-0.2, -0.15) is 4.98 Å². The van der Waals surface area contributed by atoms with Crippen LogP contribution < -0.4 is 9.47 Å². The summed E-state index contributed by atoms with van der Waals surface area (Å²) in [6.45, 7) is 3.28. The van der Waals surface area contributed by atoms with Crippen LogP contribution in [-0.2, 0) is 6.54 Å². The molecule has 0 N–H and O–H groups in total. The summed E-state index contributed by atoms with van der Waals surface area (Å²) in [7, 11) is 0. The molecule has 0 unspecified atom stereocenters. The number of amides is 1. The molecule has 154 valence electrons. The maximum atomic E-state index is 13.4. The molecule has 0 atom stereocenters. The van der Waals surface area contributed by atoms with Crippen LogP contribution in [0.15, 0.2) is 47.0 Å². The quantitative estimate of drug-likeness (QED) is 0.654. The van der Waals surface area contributed by atoms with Crippen LogP contribution >= 0.6 is 0 Å². The van der Waals surface area contributed by atoms with Crippen LogP contribution in [0.25, 0.3) is 11.5 Å². The summed E-state index contributed by atoms with van der Waals surface area (Å²) in [5, 5.41) is 3.99. The van der Waals surface area contributed by atoms with Gasteiger partial charge in [-0.25, -0.2) is 4.39 Å². The van der Waals surface area contributed by atoms with Crippen LogP contribution in [-0.4, -0.2) is 58.8 Å². The van der Waals surface area contributed by atoms with Gasteiger partial charge in [0, 0.05) is 37.3 Å². The first-order valence-electron chi connectivity index (χ1n) is 9.65. The number of carbonyl (C=O) groups excluding carboxylic acids is 1. The Morgan fingerprint density at radius 1 is 1.03 bits per heavy atom. The maximum absolute atomic E-state index is 13.4. The molecule has 30 heavy (non-hydrogen) atoms. The van der Waals surface area contributed by atoms with Crippen molar-refractivity contribution in [3.8, 4) is 23.0 Å². The highest BCUT2D eigenvalue weighted by atomic mass is 19.1. The highest BCUT2D eigenvalue weighted by Gasteiger charge is 2.25. The minimum absolute atomic E-state index is 0.0269. The van der Waals surface area contributed by atoms with E-state index < -0.39 is 0 Å². The summed E-state index contributed by atoms with van der Waals surface area (Å²) in [6.07, 6.45) is 0. The van der Waals surface area contributed by atoms with Crippen molar-refractivity contribution in [3.63, 3.8) is 0 Å². The number of halogens is 1. The second kappa shape index (κ2) is 7.75. The van der Waals surface area contributed by atoms with Gasteiger partial charge >= 0.3 is 0 Å². The highest BCUT2D eigenvalue weighted by molar-refractivity contribution is 5.95. The number of ether oxygens (including phenoxy) is 2.